The molecule has 0 aromatic carbocycles. The lowest BCUT2D eigenvalue weighted by atomic mass is 10.2. The molecule has 0 bridgehead atoms. The Bertz CT molecular complexity index is 108. The first-order valence-electron chi connectivity index (χ1n) is 2.83. The van der Waals surface area contributed by atoms with Crippen LogP contribution in [0.3, 0.4) is 0 Å². The minimum absolute atomic E-state index is 0.0660. The summed E-state index contributed by atoms with van der Waals surface area (Å²) in [6.45, 7) is 1.38. The van der Waals surface area contributed by atoms with Crippen molar-refractivity contribution >= 4 is 8.25 Å². The fourth-order valence-electron chi connectivity index (χ4n) is 0.226. The molecule has 0 aromatic rings. The van der Waals surface area contributed by atoms with Crippen LogP contribution in [0.5, 0.6) is 0 Å². The fraction of sp³-hybridized carbons (Fsp3) is 1.00. The van der Waals surface area contributed by atoms with E-state index in [2.05, 4.69) is 0 Å². The molecule has 0 saturated heterocycles. The Morgan fingerprint density at radius 1 is 1.55 bits per heavy atom. The van der Waals surface area contributed by atoms with Crippen LogP contribution in [0, 0.1) is 0 Å². The van der Waals surface area contributed by atoms with Crippen molar-refractivity contribution in [1.29, 1.82) is 0 Å². The first kappa shape index (κ1) is 13.6. The van der Waals surface area contributed by atoms with Gasteiger partial charge in [0.05, 0.1) is 0 Å². The maximum absolute atomic E-state index is 8.74. The molecule has 7 heteroatoms. The topological polar surface area (TPSA) is 124 Å². The smallest absolute Gasteiger partial charge is 0.314 e. The highest BCUT2D eigenvalue weighted by molar-refractivity contribution is 7.30. The predicted molar refractivity (Wildman–Crippen MR) is 40.0 cm³/mol. The summed E-state index contributed by atoms with van der Waals surface area (Å²) in [6.07, 6.45) is 0.229. The molecule has 0 rings (SSSR count). The summed E-state index contributed by atoms with van der Waals surface area (Å²) in [5.41, 5.74) is 3.84. The van der Waals surface area contributed by atoms with Gasteiger partial charge in [-0.15, -0.1) is 0 Å². The van der Waals surface area contributed by atoms with E-state index in [1.54, 1.807) is 0 Å². The molecule has 0 heterocycles. The molecular formula is C4H14NO5P. The third-order valence-electron chi connectivity index (χ3n) is 0.618. The summed E-state index contributed by atoms with van der Waals surface area (Å²) in [5, 5.41) is 16.8. The van der Waals surface area contributed by atoms with E-state index in [1.165, 1.54) is 6.92 Å². The van der Waals surface area contributed by atoms with Crippen LogP contribution in [0.4, 0.5) is 0 Å². The van der Waals surface area contributed by atoms with Gasteiger partial charge in [-0.3, -0.25) is 4.57 Å². The highest BCUT2D eigenvalue weighted by Crippen LogP contribution is 1.98. The van der Waals surface area contributed by atoms with Crippen molar-refractivity contribution in [2.24, 2.45) is 5.73 Å². The van der Waals surface area contributed by atoms with Crippen LogP contribution < -0.4 is 5.73 Å². The van der Waals surface area contributed by atoms with Gasteiger partial charge in [-0.05, 0) is 6.92 Å². The molecular weight excluding hydrogens is 173 g/mol. The fourth-order valence-corrected chi connectivity index (χ4v) is 0.226. The molecule has 70 valence electrons. The number of aliphatic hydroxyl groups is 2. The van der Waals surface area contributed by atoms with Crippen LogP contribution in [-0.2, 0) is 4.57 Å². The molecule has 1 unspecified atom stereocenters. The quantitative estimate of drug-likeness (QED) is 0.262. The molecule has 6 nitrogen and oxygen atoms in total. The van der Waals surface area contributed by atoms with Crippen molar-refractivity contribution < 1.29 is 24.6 Å². The molecule has 0 spiro atoms. The molecule has 0 radical (unpaired) electrons. The van der Waals surface area contributed by atoms with Gasteiger partial charge in [0.2, 0.25) is 0 Å². The highest BCUT2D eigenvalue weighted by atomic mass is 31.1. The third kappa shape index (κ3) is 39.8. The van der Waals surface area contributed by atoms with E-state index in [0.29, 0.717) is 0 Å². The lowest BCUT2D eigenvalue weighted by Crippen LogP contribution is -2.36. The lowest BCUT2D eigenvalue weighted by molar-refractivity contribution is 0.0397. The molecule has 1 atom stereocenters. The number of nitrogens with two attached hydrogens (primary N) is 1. The summed E-state index contributed by atoms with van der Waals surface area (Å²) in [7, 11) is -3.13. The number of aliphatic hydroxyl groups excluding tert-OH is 1. The molecule has 0 saturated carbocycles. The van der Waals surface area contributed by atoms with Gasteiger partial charge in [0.25, 0.3) is 0 Å². The number of hydrogen-bond donors (Lipinski definition) is 5. The maximum Gasteiger partial charge on any atom is 0.314 e. The van der Waals surface area contributed by atoms with E-state index in [4.69, 9.17) is 30.3 Å². The van der Waals surface area contributed by atoms with Crippen LogP contribution in [0.25, 0.3) is 0 Å². The Morgan fingerprint density at radius 3 is 1.82 bits per heavy atom. The first-order valence-corrected chi connectivity index (χ1v) is 4.14. The molecule has 0 aliphatic rings. The van der Waals surface area contributed by atoms with Crippen molar-refractivity contribution in [2.75, 3.05) is 6.61 Å². The van der Waals surface area contributed by atoms with E-state index < -0.39 is 14.0 Å². The molecule has 11 heavy (non-hydrogen) atoms. The Balaban J connectivity index is 0. The van der Waals surface area contributed by atoms with Gasteiger partial charge in [-0.25, -0.2) is 0 Å². The highest BCUT2D eigenvalue weighted by Gasteiger charge is 2.09. The van der Waals surface area contributed by atoms with E-state index in [0.717, 1.165) is 0 Å². The Labute approximate surface area is 65.2 Å². The molecule has 0 aromatic heterocycles. The second-order valence-corrected chi connectivity index (χ2v) is 2.68. The van der Waals surface area contributed by atoms with Crippen LogP contribution in [0.1, 0.15) is 13.3 Å². The van der Waals surface area contributed by atoms with Crippen LogP contribution in [0.15, 0.2) is 0 Å². The summed E-state index contributed by atoms with van der Waals surface area (Å²) in [6, 6.07) is 0. The minimum atomic E-state index is -3.13. The van der Waals surface area contributed by atoms with E-state index >= 15 is 0 Å². The standard InChI is InChI=1S/C4H11NO2.H3O3P/c1-4(5,7)2-3-6;1-4(2)3/h6-7H,2-3,5H2,1H3;4H,(H2,1,2,3). The molecule has 0 aliphatic carbocycles. The normalized spacial score (nSPS) is 15.2. The van der Waals surface area contributed by atoms with Gasteiger partial charge < -0.3 is 25.7 Å². The third-order valence-corrected chi connectivity index (χ3v) is 0.618. The zero-order chi connectivity index (χ0) is 9.49. The monoisotopic (exact) mass is 187 g/mol. The molecule has 0 fully saturated rings. The van der Waals surface area contributed by atoms with Gasteiger partial charge in [-0.2, -0.15) is 0 Å². The van der Waals surface area contributed by atoms with Crippen molar-refractivity contribution in [3.63, 3.8) is 0 Å². The first-order chi connectivity index (χ1) is 4.79. The van der Waals surface area contributed by atoms with Gasteiger partial charge in [0, 0.05) is 13.0 Å². The van der Waals surface area contributed by atoms with Gasteiger partial charge in [-0.1, -0.05) is 0 Å². The Hall–Kier alpha value is 0.0300. The van der Waals surface area contributed by atoms with E-state index in [1.807, 2.05) is 0 Å². The zero-order valence-corrected chi connectivity index (χ0v) is 7.19. The minimum Gasteiger partial charge on any atom is -0.396 e. The Kier molecular flexibility index (Phi) is 8.32. The molecule has 0 amide bonds. The average Bonchev–Trinajstić information content (AvgIpc) is 1.58. The SMILES string of the molecule is CC(N)(O)CCO.O=[PH](O)O. The lowest BCUT2D eigenvalue weighted by Gasteiger charge is -2.13. The van der Waals surface area contributed by atoms with Crippen molar-refractivity contribution in [3.05, 3.63) is 0 Å². The van der Waals surface area contributed by atoms with Crippen LogP contribution in [-0.4, -0.2) is 32.3 Å². The largest absolute Gasteiger partial charge is 0.396 e. The van der Waals surface area contributed by atoms with Crippen molar-refractivity contribution in [2.45, 2.75) is 19.1 Å². The van der Waals surface area contributed by atoms with Gasteiger partial charge in [0.15, 0.2) is 0 Å². The summed E-state index contributed by atoms with van der Waals surface area (Å²) < 4.78 is 8.74. The second-order valence-electron chi connectivity index (χ2n) is 2.11. The molecule has 0 aliphatic heterocycles. The summed E-state index contributed by atoms with van der Waals surface area (Å²) in [5.74, 6) is 0. The van der Waals surface area contributed by atoms with E-state index in [-0.39, 0.29) is 13.0 Å². The summed E-state index contributed by atoms with van der Waals surface area (Å²) in [4.78, 5) is 14.3. The zero-order valence-electron chi connectivity index (χ0n) is 6.19. The summed E-state index contributed by atoms with van der Waals surface area (Å²) >= 11 is 0. The van der Waals surface area contributed by atoms with Crippen molar-refractivity contribution in [3.8, 4) is 0 Å². The predicted octanol–water partition coefficient (Wildman–Crippen LogP) is -1.60. The number of rotatable bonds is 2. The maximum atomic E-state index is 8.74. The van der Waals surface area contributed by atoms with E-state index in [9.17, 15) is 0 Å². The van der Waals surface area contributed by atoms with Crippen LogP contribution in [0.2, 0.25) is 0 Å². The van der Waals surface area contributed by atoms with Gasteiger partial charge >= 0.3 is 8.25 Å². The average molecular weight is 187 g/mol. The Morgan fingerprint density at radius 2 is 1.82 bits per heavy atom. The molecule has 6 N–H and O–H groups in total. The van der Waals surface area contributed by atoms with Gasteiger partial charge in [0.1, 0.15) is 5.72 Å². The number of hydrogen-bond acceptors (Lipinski definition) is 4. The van der Waals surface area contributed by atoms with Crippen molar-refractivity contribution in [1.82, 2.24) is 0 Å². The second kappa shape index (κ2) is 6.72. The van der Waals surface area contributed by atoms with Crippen LogP contribution >= 0.6 is 8.25 Å².